The molecule has 6 nitrogen and oxygen atoms in total. The molecule has 2 saturated carbocycles. The smallest absolute Gasteiger partial charge is 0.330 e. The van der Waals surface area contributed by atoms with E-state index in [9.17, 15) is 4.79 Å². The molecule has 2 saturated heterocycles. The summed E-state index contributed by atoms with van der Waals surface area (Å²) in [6.07, 6.45) is 5.81. The molecule has 2 bridgehead atoms. The van der Waals surface area contributed by atoms with Gasteiger partial charge in [-0.05, 0) is 63.5 Å². The topological polar surface area (TPSA) is 63.2 Å². The third-order valence-electron chi connectivity index (χ3n) is 8.11. The molecule has 1 unspecified atom stereocenters. The van der Waals surface area contributed by atoms with E-state index in [-0.39, 0.29) is 30.0 Å². The van der Waals surface area contributed by atoms with E-state index in [0.29, 0.717) is 30.6 Å². The molecule has 4 fully saturated rings. The Bertz CT molecular complexity index is 870. The van der Waals surface area contributed by atoms with Crippen LogP contribution in [-0.2, 0) is 28.5 Å². The number of hydrogen-bond acceptors (Lipinski definition) is 6. The van der Waals surface area contributed by atoms with E-state index in [4.69, 9.17) is 23.7 Å². The summed E-state index contributed by atoms with van der Waals surface area (Å²) in [5, 5.41) is 0. The maximum Gasteiger partial charge on any atom is 0.330 e. The molecule has 178 valence electrons. The summed E-state index contributed by atoms with van der Waals surface area (Å²) >= 11 is 0. The summed E-state index contributed by atoms with van der Waals surface area (Å²) < 4.78 is 31.4. The molecule has 0 aromatic carbocycles. The van der Waals surface area contributed by atoms with Crippen LogP contribution in [0.15, 0.2) is 23.8 Å². The minimum absolute atomic E-state index is 0.155. The zero-order valence-corrected chi connectivity index (χ0v) is 21.6. The number of fused-ring (bicyclic) bond motifs is 8. The second-order valence-corrected chi connectivity index (χ2v) is 17.5. The van der Waals surface area contributed by atoms with Gasteiger partial charge in [-0.25, -0.2) is 4.79 Å². The first-order valence-corrected chi connectivity index (χ1v) is 15.6. The van der Waals surface area contributed by atoms with E-state index in [0.717, 1.165) is 5.57 Å². The number of allylic oxidation sites excluding steroid dienone is 2. The summed E-state index contributed by atoms with van der Waals surface area (Å²) in [7, 11) is -1.51. The third-order valence-corrected chi connectivity index (χ3v) is 10.9. The first-order chi connectivity index (χ1) is 14.8. The Labute approximate surface area is 192 Å². The SMILES string of the molecule is CCOC(=O)/C=C1/[C@H]2[C@H]([C@H]3C=C[C@@H]2C3[Si](C)(C)C)[C@@]2(COC(C)(C)O2)[C@H]2OC(C)(C)O[C@@H]12. The van der Waals surface area contributed by atoms with Crippen molar-refractivity contribution < 1.29 is 28.5 Å². The zero-order valence-electron chi connectivity index (χ0n) is 20.6. The molecule has 5 rings (SSSR count). The Morgan fingerprint density at radius 3 is 2.41 bits per heavy atom. The van der Waals surface area contributed by atoms with Gasteiger partial charge in [0.05, 0.1) is 13.2 Å². The summed E-state index contributed by atoms with van der Waals surface area (Å²) in [4.78, 5) is 12.7. The van der Waals surface area contributed by atoms with E-state index >= 15 is 0 Å². The lowest BCUT2D eigenvalue weighted by Gasteiger charge is -2.51. The standard InChI is InChI=1S/C25H38O6Si/c1-9-27-17(26)12-16-18-14-10-11-15(21(14)32(6,7)8)19(18)25(13-28-23(2,3)31-25)22-20(16)29-24(4,5)30-22/h10-12,14-15,18-22H,9,13H2,1-8H3/b16-12-/t14-,15+,18-,19-,20-,21?,22-,25-/m0/s1. The highest BCUT2D eigenvalue weighted by atomic mass is 28.3. The van der Waals surface area contributed by atoms with E-state index in [1.807, 2.05) is 34.6 Å². The molecular formula is C25H38O6Si. The molecule has 7 heteroatoms. The van der Waals surface area contributed by atoms with Crippen molar-refractivity contribution in [3.8, 4) is 0 Å². The van der Waals surface area contributed by atoms with E-state index < -0.39 is 25.2 Å². The molecule has 32 heavy (non-hydrogen) atoms. The van der Waals surface area contributed by atoms with Crippen LogP contribution in [0.1, 0.15) is 34.6 Å². The molecule has 3 aliphatic carbocycles. The average molecular weight is 463 g/mol. The molecule has 0 aromatic rings. The van der Waals surface area contributed by atoms with Gasteiger partial charge in [0.2, 0.25) is 0 Å². The van der Waals surface area contributed by atoms with Gasteiger partial charge >= 0.3 is 5.97 Å². The predicted octanol–water partition coefficient (Wildman–Crippen LogP) is 4.29. The van der Waals surface area contributed by atoms with Crippen molar-refractivity contribution in [1.82, 2.24) is 0 Å². The molecule has 0 aromatic heterocycles. The van der Waals surface area contributed by atoms with E-state index in [2.05, 4.69) is 31.8 Å². The second kappa shape index (κ2) is 7.01. The summed E-state index contributed by atoms with van der Waals surface area (Å²) in [6, 6.07) is 0. The Hall–Kier alpha value is -0.993. The van der Waals surface area contributed by atoms with Crippen molar-refractivity contribution in [2.75, 3.05) is 13.2 Å². The van der Waals surface area contributed by atoms with Gasteiger partial charge in [0.1, 0.15) is 17.8 Å². The largest absolute Gasteiger partial charge is 0.463 e. The molecule has 0 amide bonds. The summed E-state index contributed by atoms with van der Waals surface area (Å²) in [5.74, 6) is -0.673. The normalized spacial score (nSPS) is 46.6. The third kappa shape index (κ3) is 3.22. The monoisotopic (exact) mass is 462 g/mol. The molecule has 1 spiro atoms. The molecule has 0 N–H and O–H groups in total. The fourth-order valence-corrected chi connectivity index (χ4v) is 10.4. The van der Waals surface area contributed by atoms with E-state index in [1.165, 1.54) is 0 Å². The fraction of sp³-hybridized carbons (Fsp3) is 0.800. The lowest BCUT2D eigenvalue weighted by atomic mass is 9.60. The number of ether oxygens (including phenoxy) is 5. The van der Waals surface area contributed by atoms with Crippen LogP contribution in [0.2, 0.25) is 25.2 Å². The van der Waals surface area contributed by atoms with Crippen molar-refractivity contribution in [2.24, 2.45) is 23.7 Å². The Balaban J connectivity index is 1.68. The van der Waals surface area contributed by atoms with Crippen LogP contribution in [0.25, 0.3) is 0 Å². The number of hydrogen-bond donors (Lipinski definition) is 0. The van der Waals surface area contributed by atoms with Crippen molar-refractivity contribution in [2.45, 2.75) is 89.2 Å². The molecular weight excluding hydrogens is 424 g/mol. The average Bonchev–Trinajstić information content (AvgIpc) is 3.37. The van der Waals surface area contributed by atoms with Gasteiger partial charge in [-0.2, -0.15) is 0 Å². The van der Waals surface area contributed by atoms with E-state index in [1.54, 1.807) is 6.08 Å². The lowest BCUT2D eigenvalue weighted by Crippen LogP contribution is -2.63. The number of carbonyl (C=O) groups is 1. The van der Waals surface area contributed by atoms with Crippen LogP contribution in [0.4, 0.5) is 0 Å². The van der Waals surface area contributed by atoms with Gasteiger partial charge < -0.3 is 23.7 Å². The second-order valence-electron chi connectivity index (χ2n) is 12.1. The number of esters is 1. The van der Waals surface area contributed by atoms with Crippen molar-refractivity contribution >= 4 is 14.0 Å². The summed E-state index contributed by atoms with van der Waals surface area (Å²) in [5.41, 5.74) is 0.989. The quantitative estimate of drug-likeness (QED) is 0.270. The first kappa shape index (κ1) is 22.8. The highest BCUT2D eigenvalue weighted by molar-refractivity contribution is 6.77. The molecule has 5 aliphatic rings. The molecule has 2 heterocycles. The number of carbonyl (C=O) groups excluding carboxylic acids is 1. The Morgan fingerprint density at radius 1 is 1.12 bits per heavy atom. The molecule has 8 atom stereocenters. The van der Waals surface area contributed by atoms with Crippen molar-refractivity contribution in [1.29, 1.82) is 0 Å². The minimum Gasteiger partial charge on any atom is -0.463 e. The van der Waals surface area contributed by atoms with Gasteiger partial charge in [-0.15, -0.1) is 0 Å². The highest BCUT2D eigenvalue weighted by Crippen LogP contribution is 2.69. The van der Waals surface area contributed by atoms with Gasteiger partial charge in [0.25, 0.3) is 0 Å². The zero-order chi connectivity index (χ0) is 23.3. The maximum absolute atomic E-state index is 12.7. The van der Waals surface area contributed by atoms with Gasteiger partial charge in [0.15, 0.2) is 11.6 Å². The van der Waals surface area contributed by atoms with Gasteiger partial charge in [-0.1, -0.05) is 31.8 Å². The van der Waals surface area contributed by atoms with Gasteiger partial charge in [0, 0.05) is 20.1 Å². The Morgan fingerprint density at radius 2 is 1.81 bits per heavy atom. The van der Waals surface area contributed by atoms with Crippen LogP contribution < -0.4 is 0 Å². The lowest BCUT2D eigenvalue weighted by molar-refractivity contribution is -0.228. The highest BCUT2D eigenvalue weighted by Gasteiger charge is 2.74. The van der Waals surface area contributed by atoms with Crippen LogP contribution >= 0.6 is 0 Å². The minimum atomic E-state index is -1.51. The van der Waals surface area contributed by atoms with Crippen LogP contribution in [0.5, 0.6) is 0 Å². The maximum atomic E-state index is 12.7. The van der Waals surface area contributed by atoms with Crippen molar-refractivity contribution in [3.05, 3.63) is 23.8 Å². The van der Waals surface area contributed by atoms with Crippen LogP contribution in [0, 0.1) is 23.7 Å². The van der Waals surface area contributed by atoms with Crippen LogP contribution in [0.3, 0.4) is 0 Å². The van der Waals surface area contributed by atoms with Gasteiger partial charge in [-0.3, -0.25) is 0 Å². The first-order valence-electron chi connectivity index (χ1n) is 12.1. The van der Waals surface area contributed by atoms with Crippen molar-refractivity contribution in [3.63, 3.8) is 0 Å². The fourth-order valence-electron chi connectivity index (χ4n) is 7.48. The Kier molecular flexibility index (Phi) is 4.99. The molecule has 0 radical (unpaired) electrons. The molecule has 2 aliphatic heterocycles. The van der Waals surface area contributed by atoms with Crippen LogP contribution in [-0.4, -0.2) is 56.6 Å². The predicted molar refractivity (Wildman–Crippen MR) is 123 cm³/mol. The summed E-state index contributed by atoms with van der Waals surface area (Å²) in [6.45, 7) is 17.9. The number of rotatable bonds is 3.